The van der Waals surface area contributed by atoms with Gasteiger partial charge in [-0.05, 0) is 65.8 Å². The molecule has 5 atom stereocenters. The third kappa shape index (κ3) is 6.17. The number of amides is 1. The van der Waals surface area contributed by atoms with E-state index in [-0.39, 0.29) is 42.9 Å². The number of ether oxygens (including phenoxy) is 4. The highest BCUT2D eigenvalue weighted by molar-refractivity contribution is 5.68. The fraction of sp³-hybridized carbons (Fsp3) is 0.885. The zero-order valence-electron chi connectivity index (χ0n) is 21.9. The first-order valence-corrected chi connectivity index (χ1v) is 12.9. The van der Waals surface area contributed by atoms with E-state index in [0.29, 0.717) is 45.2 Å². The first-order valence-electron chi connectivity index (χ1n) is 12.9. The van der Waals surface area contributed by atoms with Crippen molar-refractivity contribution >= 4 is 6.09 Å². The highest BCUT2D eigenvalue weighted by Gasteiger charge is 2.64. The predicted molar refractivity (Wildman–Crippen MR) is 128 cm³/mol. The van der Waals surface area contributed by atoms with Gasteiger partial charge in [0.15, 0.2) is 0 Å². The number of allylic oxidation sites excluding steroid dienone is 1. The molecular formula is C26H42F2N2O5. The summed E-state index contributed by atoms with van der Waals surface area (Å²) in [5.74, 6) is -2.28. The molecule has 0 radical (unpaired) electrons. The van der Waals surface area contributed by atoms with Gasteiger partial charge in [0.25, 0.3) is 5.92 Å². The van der Waals surface area contributed by atoms with E-state index in [2.05, 4.69) is 19.9 Å². The number of alkyl halides is 2. The van der Waals surface area contributed by atoms with Gasteiger partial charge in [-0.25, -0.2) is 13.6 Å². The highest BCUT2D eigenvalue weighted by atomic mass is 19.3. The van der Waals surface area contributed by atoms with Crippen LogP contribution in [0.5, 0.6) is 0 Å². The van der Waals surface area contributed by atoms with E-state index < -0.39 is 11.5 Å². The van der Waals surface area contributed by atoms with Crippen LogP contribution < -0.4 is 0 Å². The van der Waals surface area contributed by atoms with Crippen molar-refractivity contribution in [2.24, 2.45) is 11.8 Å². The predicted octanol–water partition coefficient (Wildman–Crippen LogP) is 4.11. The van der Waals surface area contributed by atoms with Crippen molar-refractivity contribution in [3.63, 3.8) is 0 Å². The average Bonchev–Trinajstić information content (AvgIpc) is 3.34. The van der Waals surface area contributed by atoms with Gasteiger partial charge < -0.3 is 23.8 Å². The largest absolute Gasteiger partial charge is 0.443 e. The van der Waals surface area contributed by atoms with Crippen LogP contribution in [0, 0.1) is 11.8 Å². The first kappa shape index (κ1) is 26.8. The van der Waals surface area contributed by atoms with Gasteiger partial charge in [0.1, 0.15) is 12.2 Å². The smallest absolute Gasteiger partial charge is 0.410 e. The summed E-state index contributed by atoms with van der Waals surface area (Å²) in [6.07, 6.45) is 4.22. The molecule has 35 heavy (non-hydrogen) atoms. The summed E-state index contributed by atoms with van der Waals surface area (Å²) in [6.45, 7) is 11.0. The molecule has 0 bridgehead atoms. The molecule has 4 rings (SSSR count). The Morgan fingerprint density at radius 3 is 2.54 bits per heavy atom. The number of likely N-dealkylation sites (tertiary alicyclic amines) is 2. The Hall–Kier alpha value is -1.29. The van der Waals surface area contributed by atoms with Crippen LogP contribution in [0.4, 0.5) is 13.6 Å². The van der Waals surface area contributed by atoms with Crippen molar-refractivity contribution in [1.82, 2.24) is 9.80 Å². The molecule has 0 aromatic heterocycles. The number of nitrogens with zero attached hydrogens (tertiary/aromatic N) is 2. The second-order valence-corrected chi connectivity index (χ2v) is 11.6. The van der Waals surface area contributed by atoms with E-state index in [1.165, 1.54) is 5.57 Å². The maximum atomic E-state index is 13.1. The second-order valence-electron chi connectivity index (χ2n) is 11.6. The summed E-state index contributed by atoms with van der Waals surface area (Å²) in [5, 5.41) is 0. The van der Waals surface area contributed by atoms with Crippen molar-refractivity contribution in [2.45, 2.75) is 82.7 Å². The molecule has 3 saturated heterocycles. The van der Waals surface area contributed by atoms with Crippen LogP contribution in [0.2, 0.25) is 0 Å². The number of epoxide rings is 1. The van der Waals surface area contributed by atoms with Crippen molar-refractivity contribution in [2.75, 3.05) is 53.0 Å². The van der Waals surface area contributed by atoms with Crippen LogP contribution in [0.25, 0.3) is 0 Å². The SMILES string of the molecule is CO[C@H]1[C@H](C(C)(C)OCC=C(C)C)[C@]2(CC[C@H]1OC(=O)N1CC[C@H](CCN3CC(F)(F)C3)C1)CO2. The molecule has 4 fully saturated rings. The number of hydrogen-bond donors (Lipinski definition) is 0. The van der Waals surface area contributed by atoms with Gasteiger partial charge in [-0.2, -0.15) is 0 Å². The summed E-state index contributed by atoms with van der Waals surface area (Å²) in [4.78, 5) is 16.6. The minimum atomic E-state index is -2.53. The summed E-state index contributed by atoms with van der Waals surface area (Å²) in [7, 11) is 1.66. The Morgan fingerprint density at radius 2 is 1.94 bits per heavy atom. The van der Waals surface area contributed by atoms with Crippen LogP contribution in [0.15, 0.2) is 11.6 Å². The van der Waals surface area contributed by atoms with E-state index in [4.69, 9.17) is 18.9 Å². The van der Waals surface area contributed by atoms with Crippen molar-refractivity contribution < 1.29 is 32.5 Å². The zero-order valence-corrected chi connectivity index (χ0v) is 21.9. The van der Waals surface area contributed by atoms with E-state index in [9.17, 15) is 13.6 Å². The molecule has 1 amide bonds. The Morgan fingerprint density at radius 1 is 1.23 bits per heavy atom. The van der Waals surface area contributed by atoms with E-state index in [1.807, 2.05) is 13.8 Å². The zero-order chi connectivity index (χ0) is 25.4. The standard InChI is InChI=1S/C26H42F2N2O5/c1-18(2)9-13-33-24(3,4)22-21(32-5)20(6-10-25(22)17-34-25)35-23(31)30-12-8-19(14-30)7-11-29-15-26(27,28)16-29/h9,19-22H,6-8,10-17H2,1-5H3/t19-,20+,21+,22+,25-/m0/s1. The lowest BCUT2D eigenvalue weighted by molar-refractivity contribution is -0.173. The number of hydrogen-bond acceptors (Lipinski definition) is 6. The van der Waals surface area contributed by atoms with Gasteiger partial charge in [-0.15, -0.1) is 0 Å². The molecule has 9 heteroatoms. The molecule has 7 nitrogen and oxygen atoms in total. The van der Waals surface area contributed by atoms with Gasteiger partial charge >= 0.3 is 6.09 Å². The molecule has 0 aromatic rings. The highest BCUT2D eigenvalue weighted by Crippen LogP contribution is 2.52. The molecule has 1 spiro atoms. The molecule has 0 N–H and O–H groups in total. The summed E-state index contributed by atoms with van der Waals surface area (Å²) < 4.78 is 50.3. The van der Waals surface area contributed by atoms with Crippen LogP contribution in [0.3, 0.4) is 0 Å². The van der Waals surface area contributed by atoms with Gasteiger partial charge in [0, 0.05) is 26.1 Å². The van der Waals surface area contributed by atoms with Crippen LogP contribution in [0.1, 0.15) is 53.4 Å². The molecule has 0 aromatic carbocycles. The lowest BCUT2D eigenvalue weighted by Crippen LogP contribution is -2.59. The van der Waals surface area contributed by atoms with Crippen molar-refractivity contribution in [1.29, 1.82) is 0 Å². The maximum absolute atomic E-state index is 13.1. The van der Waals surface area contributed by atoms with Crippen LogP contribution >= 0.6 is 0 Å². The molecule has 0 unspecified atom stereocenters. The Balaban J connectivity index is 1.32. The fourth-order valence-electron chi connectivity index (χ4n) is 6.16. The molecule has 1 saturated carbocycles. The minimum Gasteiger partial charge on any atom is -0.443 e. The third-order valence-electron chi connectivity index (χ3n) is 8.16. The summed E-state index contributed by atoms with van der Waals surface area (Å²) >= 11 is 0. The molecular weight excluding hydrogens is 458 g/mol. The number of methoxy groups -OCH3 is 1. The van der Waals surface area contributed by atoms with Crippen LogP contribution in [-0.2, 0) is 18.9 Å². The number of carbonyl (C=O) groups excluding carboxylic acids is 1. The van der Waals surface area contributed by atoms with Gasteiger partial charge in [-0.1, -0.05) is 11.6 Å². The first-order chi connectivity index (χ1) is 16.4. The van der Waals surface area contributed by atoms with Crippen molar-refractivity contribution in [3.05, 3.63) is 11.6 Å². The number of carbonyl (C=O) groups is 1. The normalized spacial score (nSPS) is 34.5. The van der Waals surface area contributed by atoms with Crippen LogP contribution in [-0.4, -0.2) is 98.3 Å². The third-order valence-corrected chi connectivity index (χ3v) is 8.16. The Bertz CT molecular complexity index is 789. The average molecular weight is 501 g/mol. The van der Waals surface area contributed by atoms with Crippen molar-refractivity contribution in [3.8, 4) is 0 Å². The van der Waals surface area contributed by atoms with E-state index >= 15 is 0 Å². The summed E-state index contributed by atoms with van der Waals surface area (Å²) in [5.41, 5.74) is 0.383. The number of halogens is 2. The van der Waals surface area contributed by atoms with Gasteiger partial charge in [0.05, 0.1) is 37.5 Å². The summed E-state index contributed by atoms with van der Waals surface area (Å²) in [6, 6.07) is 0. The molecule has 1 aliphatic carbocycles. The molecule has 200 valence electrons. The second kappa shape index (κ2) is 10.2. The monoisotopic (exact) mass is 500 g/mol. The minimum absolute atomic E-state index is 0.0712. The quantitative estimate of drug-likeness (QED) is 0.351. The Kier molecular flexibility index (Phi) is 7.82. The van der Waals surface area contributed by atoms with E-state index in [1.54, 1.807) is 16.9 Å². The maximum Gasteiger partial charge on any atom is 0.410 e. The Labute approximate surface area is 208 Å². The number of rotatable bonds is 9. The topological polar surface area (TPSA) is 63.8 Å². The molecule has 3 aliphatic heterocycles. The van der Waals surface area contributed by atoms with Gasteiger partial charge in [0.2, 0.25) is 0 Å². The lowest BCUT2D eigenvalue weighted by atomic mass is 9.68. The fourth-order valence-corrected chi connectivity index (χ4v) is 6.16. The van der Waals surface area contributed by atoms with E-state index in [0.717, 1.165) is 19.3 Å². The lowest BCUT2D eigenvalue weighted by Gasteiger charge is -2.47. The van der Waals surface area contributed by atoms with Gasteiger partial charge in [-0.3, -0.25) is 4.90 Å². The molecule has 4 aliphatic rings. The molecule has 3 heterocycles.